The van der Waals surface area contributed by atoms with E-state index in [1.807, 2.05) is 24.3 Å². The van der Waals surface area contributed by atoms with E-state index in [0.717, 1.165) is 18.7 Å². The predicted octanol–water partition coefficient (Wildman–Crippen LogP) is -0.461. The van der Waals surface area contributed by atoms with Crippen molar-refractivity contribution < 1.29 is 22.1 Å². The Kier molecular flexibility index (Phi) is 5.61. The van der Waals surface area contributed by atoms with Gasteiger partial charge in [-0.3, -0.25) is 4.48 Å². The predicted molar refractivity (Wildman–Crippen MR) is 61.4 cm³/mol. The molecule has 1 N–H and O–H groups in total. The Morgan fingerprint density at radius 1 is 1.33 bits per heavy atom. The Balaban J connectivity index is 0.00000196. The summed E-state index contributed by atoms with van der Waals surface area (Å²) in [5.74, 6) is 0.363. The van der Waals surface area contributed by atoms with Crippen molar-refractivity contribution in [2.45, 2.75) is 6.42 Å². The van der Waals surface area contributed by atoms with Crippen molar-refractivity contribution in [2.75, 3.05) is 20.6 Å². The van der Waals surface area contributed by atoms with Crippen molar-refractivity contribution >= 4 is 5.69 Å². The Morgan fingerprint density at radius 3 is 2.47 bits per heavy atom. The van der Waals surface area contributed by atoms with E-state index < -0.39 is 0 Å². The normalized spacial score (nSPS) is 10.5. The van der Waals surface area contributed by atoms with E-state index in [0.29, 0.717) is 10.2 Å². The molecule has 0 unspecified atom stereocenters. The lowest BCUT2D eigenvalue weighted by molar-refractivity contribution is -0.00000416. The van der Waals surface area contributed by atoms with Crippen LogP contribution in [0.4, 0.5) is 5.69 Å². The second-order valence-corrected chi connectivity index (χ2v) is 3.97. The molecule has 0 fully saturated rings. The molecule has 0 bridgehead atoms. The van der Waals surface area contributed by atoms with E-state index in [9.17, 15) is 5.11 Å². The molecule has 2 nitrogen and oxygen atoms in total. The number of halogens is 1. The number of quaternary nitrogens is 1. The first-order valence-corrected chi connectivity index (χ1v) is 4.80. The molecule has 84 valence electrons. The Bertz CT molecular complexity index is 323. The van der Waals surface area contributed by atoms with Crippen molar-refractivity contribution in [3.05, 3.63) is 36.9 Å². The SMILES string of the molecule is C=CCC[N+](C)(C)c1ccccc1O.[Br-]. The van der Waals surface area contributed by atoms with Gasteiger partial charge in [0, 0.05) is 12.5 Å². The third kappa shape index (κ3) is 3.68. The minimum atomic E-state index is 0. The molecule has 0 saturated heterocycles. The summed E-state index contributed by atoms with van der Waals surface area (Å²) in [5, 5.41) is 9.70. The Labute approximate surface area is 102 Å². The van der Waals surface area contributed by atoms with E-state index in [1.165, 1.54) is 0 Å². The molecule has 0 heterocycles. The van der Waals surface area contributed by atoms with Crippen LogP contribution in [0.25, 0.3) is 0 Å². The van der Waals surface area contributed by atoms with E-state index >= 15 is 0 Å². The number of hydrogen-bond acceptors (Lipinski definition) is 1. The number of phenolic OH excluding ortho intramolecular Hbond substituents is 1. The zero-order valence-corrected chi connectivity index (χ0v) is 10.9. The highest BCUT2D eigenvalue weighted by Gasteiger charge is 2.21. The third-order valence-corrected chi connectivity index (χ3v) is 2.43. The maximum Gasteiger partial charge on any atom is 0.177 e. The molecular weight excluding hydrogens is 254 g/mol. The lowest BCUT2D eigenvalue weighted by atomic mass is 10.2. The van der Waals surface area contributed by atoms with Crippen LogP contribution in [0.5, 0.6) is 5.75 Å². The fourth-order valence-corrected chi connectivity index (χ4v) is 1.51. The fraction of sp³-hybridized carbons (Fsp3) is 0.333. The molecule has 0 radical (unpaired) electrons. The number of nitrogens with zero attached hydrogens (tertiary/aromatic N) is 1. The van der Waals surface area contributed by atoms with Crippen LogP contribution in [0.1, 0.15) is 6.42 Å². The maximum atomic E-state index is 9.70. The molecule has 0 aliphatic heterocycles. The average Bonchev–Trinajstić information content (AvgIpc) is 2.15. The van der Waals surface area contributed by atoms with Crippen LogP contribution in [0.2, 0.25) is 0 Å². The van der Waals surface area contributed by atoms with Crippen molar-refractivity contribution in [2.24, 2.45) is 0 Å². The van der Waals surface area contributed by atoms with Gasteiger partial charge >= 0.3 is 0 Å². The van der Waals surface area contributed by atoms with E-state index in [2.05, 4.69) is 20.7 Å². The molecule has 1 aromatic carbocycles. The number of hydrogen-bond donors (Lipinski definition) is 1. The van der Waals surface area contributed by atoms with Crippen LogP contribution in [0.3, 0.4) is 0 Å². The average molecular weight is 272 g/mol. The minimum Gasteiger partial charge on any atom is -1.00 e. The summed E-state index contributed by atoms with van der Waals surface area (Å²) in [6, 6.07) is 7.47. The second-order valence-electron chi connectivity index (χ2n) is 3.97. The van der Waals surface area contributed by atoms with E-state index in [4.69, 9.17) is 0 Å². The molecule has 0 amide bonds. The second kappa shape index (κ2) is 5.93. The highest BCUT2D eigenvalue weighted by atomic mass is 79.9. The highest BCUT2D eigenvalue weighted by molar-refractivity contribution is 5.53. The van der Waals surface area contributed by atoms with Crippen molar-refractivity contribution in [1.82, 2.24) is 4.48 Å². The van der Waals surface area contributed by atoms with Gasteiger partial charge in [0.15, 0.2) is 11.4 Å². The standard InChI is InChI=1S/C12H17NO.BrH/c1-4-5-10-13(2,3)11-8-6-7-9-12(11)14;/h4,6-9H,1,5,10H2,2-3H3;1H. The monoisotopic (exact) mass is 271 g/mol. The summed E-state index contributed by atoms with van der Waals surface area (Å²) in [6.45, 7) is 4.65. The summed E-state index contributed by atoms with van der Waals surface area (Å²) in [4.78, 5) is 0. The van der Waals surface area contributed by atoms with Gasteiger partial charge < -0.3 is 22.1 Å². The molecule has 1 rings (SSSR count). The highest BCUT2D eigenvalue weighted by Crippen LogP contribution is 2.29. The third-order valence-electron chi connectivity index (χ3n) is 2.43. The zero-order chi connectivity index (χ0) is 10.6. The van der Waals surface area contributed by atoms with Crippen LogP contribution >= 0.6 is 0 Å². The zero-order valence-electron chi connectivity index (χ0n) is 9.28. The minimum absolute atomic E-state index is 0. The molecule has 0 saturated carbocycles. The van der Waals surface area contributed by atoms with Gasteiger partial charge in [-0.2, -0.15) is 0 Å². The van der Waals surface area contributed by atoms with Gasteiger partial charge in [-0.1, -0.05) is 18.2 Å². The topological polar surface area (TPSA) is 20.2 Å². The van der Waals surface area contributed by atoms with Crippen LogP contribution in [-0.4, -0.2) is 25.7 Å². The van der Waals surface area contributed by atoms with Crippen molar-refractivity contribution in [3.8, 4) is 5.75 Å². The fourth-order valence-electron chi connectivity index (χ4n) is 1.51. The lowest BCUT2D eigenvalue weighted by Crippen LogP contribution is -3.00. The molecule has 3 heteroatoms. The molecule has 0 aliphatic carbocycles. The van der Waals surface area contributed by atoms with Crippen molar-refractivity contribution in [3.63, 3.8) is 0 Å². The van der Waals surface area contributed by atoms with Gasteiger partial charge in [0.25, 0.3) is 0 Å². The van der Waals surface area contributed by atoms with Gasteiger partial charge in [0.2, 0.25) is 0 Å². The molecular formula is C12H18BrNO. The van der Waals surface area contributed by atoms with Crippen LogP contribution < -0.4 is 21.5 Å². The van der Waals surface area contributed by atoms with E-state index in [1.54, 1.807) is 6.07 Å². The van der Waals surface area contributed by atoms with Gasteiger partial charge in [0.1, 0.15) is 0 Å². The summed E-state index contributed by atoms with van der Waals surface area (Å²) in [5.41, 5.74) is 0.953. The lowest BCUT2D eigenvalue weighted by Gasteiger charge is -2.29. The molecule has 0 aromatic heterocycles. The van der Waals surface area contributed by atoms with E-state index in [-0.39, 0.29) is 17.0 Å². The first-order valence-electron chi connectivity index (χ1n) is 4.80. The summed E-state index contributed by atoms with van der Waals surface area (Å²) in [7, 11) is 4.16. The Morgan fingerprint density at radius 2 is 1.93 bits per heavy atom. The first kappa shape index (κ1) is 14.2. The number of aromatic hydroxyl groups is 1. The largest absolute Gasteiger partial charge is 1.00 e. The number of benzene rings is 1. The quantitative estimate of drug-likeness (QED) is 0.581. The van der Waals surface area contributed by atoms with Crippen molar-refractivity contribution in [1.29, 1.82) is 0 Å². The molecule has 1 aromatic rings. The van der Waals surface area contributed by atoms with Gasteiger partial charge in [-0.05, 0) is 6.07 Å². The summed E-state index contributed by atoms with van der Waals surface area (Å²) < 4.78 is 0.679. The molecule has 15 heavy (non-hydrogen) atoms. The van der Waals surface area contributed by atoms with Gasteiger partial charge in [-0.25, -0.2) is 0 Å². The first-order chi connectivity index (χ1) is 6.58. The van der Waals surface area contributed by atoms with Crippen LogP contribution in [0, 0.1) is 0 Å². The van der Waals surface area contributed by atoms with Crippen LogP contribution in [0.15, 0.2) is 36.9 Å². The molecule has 0 aliphatic rings. The smallest absolute Gasteiger partial charge is 0.177 e. The summed E-state index contributed by atoms with van der Waals surface area (Å²) >= 11 is 0. The Hall–Kier alpha value is -0.800. The maximum absolute atomic E-state index is 9.70. The van der Waals surface area contributed by atoms with Gasteiger partial charge in [0.05, 0.1) is 20.6 Å². The number of rotatable bonds is 4. The molecule has 0 spiro atoms. The number of phenols is 1. The van der Waals surface area contributed by atoms with Crippen LogP contribution in [-0.2, 0) is 0 Å². The summed E-state index contributed by atoms with van der Waals surface area (Å²) in [6.07, 6.45) is 2.85. The van der Waals surface area contributed by atoms with Gasteiger partial charge in [-0.15, -0.1) is 6.58 Å². The number of para-hydroxylation sites is 2. The molecule has 0 atom stereocenters.